The molecule has 1 aliphatic rings. The van der Waals surface area contributed by atoms with Crippen LogP contribution in [0.15, 0.2) is 48.0 Å². The number of likely N-dealkylation sites (tertiary alicyclic amines) is 1. The smallest absolute Gasteiger partial charge is 0.295 e. The van der Waals surface area contributed by atoms with Crippen LogP contribution in [-0.2, 0) is 9.59 Å². The molecule has 0 aliphatic carbocycles. The number of rotatable bonds is 7. The second-order valence-electron chi connectivity index (χ2n) is 7.02. The highest BCUT2D eigenvalue weighted by Crippen LogP contribution is 2.41. The van der Waals surface area contributed by atoms with E-state index >= 15 is 0 Å². The number of hydrogen-bond donors (Lipinski definition) is 2. The number of phenols is 1. The van der Waals surface area contributed by atoms with E-state index in [0.717, 1.165) is 6.42 Å². The molecular weight excluding hydrogens is 406 g/mol. The van der Waals surface area contributed by atoms with Crippen molar-refractivity contribution < 1.29 is 24.5 Å². The lowest BCUT2D eigenvalue weighted by Gasteiger charge is -2.25. The molecule has 1 unspecified atom stereocenters. The molecule has 2 aromatic rings. The van der Waals surface area contributed by atoms with Gasteiger partial charge in [-0.15, -0.1) is 0 Å². The number of ether oxygens (including phenoxy) is 1. The first-order chi connectivity index (χ1) is 14.4. The fraction of sp³-hybridized carbons (Fsp3) is 0.304. The van der Waals surface area contributed by atoms with E-state index < -0.39 is 17.7 Å². The van der Waals surface area contributed by atoms with E-state index in [9.17, 15) is 19.8 Å². The van der Waals surface area contributed by atoms with Gasteiger partial charge in [-0.25, -0.2) is 0 Å². The molecule has 7 heteroatoms. The van der Waals surface area contributed by atoms with Gasteiger partial charge < -0.3 is 19.8 Å². The lowest BCUT2D eigenvalue weighted by atomic mass is 9.95. The van der Waals surface area contributed by atoms with E-state index in [1.54, 1.807) is 30.3 Å². The number of benzene rings is 2. The summed E-state index contributed by atoms with van der Waals surface area (Å²) in [6.07, 6.45) is 1.53. The zero-order valence-electron chi connectivity index (χ0n) is 16.9. The standard InChI is InChI=1S/C23H24ClNO5/c1-3-5-11-25-20(14-7-6-8-15(26)12-14)19(22(28)23(25)29)21(27)17-13-16(30-4-2)9-10-18(17)24/h6-10,12-13,20,26-27H,3-5,11H2,1-2H3/b21-19+. The molecule has 1 fully saturated rings. The highest BCUT2D eigenvalue weighted by molar-refractivity contribution is 6.47. The van der Waals surface area contributed by atoms with Crippen LogP contribution in [-0.4, -0.2) is 40.0 Å². The first-order valence-corrected chi connectivity index (χ1v) is 10.3. The zero-order valence-corrected chi connectivity index (χ0v) is 17.6. The maximum atomic E-state index is 12.9. The van der Waals surface area contributed by atoms with Crippen LogP contribution in [0.2, 0.25) is 5.02 Å². The van der Waals surface area contributed by atoms with Gasteiger partial charge in [0.1, 0.15) is 17.3 Å². The summed E-state index contributed by atoms with van der Waals surface area (Å²) < 4.78 is 5.48. The summed E-state index contributed by atoms with van der Waals surface area (Å²) in [6, 6.07) is 10.3. The highest BCUT2D eigenvalue weighted by Gasteiger charge is 2.46. The molecule has 30 heavy (non-hydrogen) atoms. The molecule has 2 N–H and O–H groups in total. The fourth-order valence-corrected chi connectivity index (χ4v) is 3.77. The molecule has 0 spiro atoms. The second kappa shape index (κ2) is 9.22. The SMILES string of the molecule is CCCCN1C(=O)C(=O)/C(=C(/O)c2cc(OCC)ccc2Cl)C1c1cccc(O)c1. The van der Waals surface area contributed by atoms with E-state index in [1.165, 1.54) is 17.0 Å². The Morgan fingerprint density at radius 1 is 1.17 bits per heavy atom. The number of ketones is 1. The number of Topliss-reactive ketones (excluding diaryl/α,β-unsaturated/α-hetero) is 1. The van der Waals surface area contributed by atoms with Gasteiger partial charge in [-0.05, 0) is 49.2 Å². The summed E-state index contributed by atoms with van der Waals surface area (Å²) >= 11 is 6.29. The molecule has 0 bridgehead atoms. The average Bonchev–Trinajstić information content (AvgIpc) is 2.98. The van der Waals surface area contributed by atoms with Gasteiger partial charge in [0.2, 0.25) is 0 Å². The second-order valence-corrected chi connectivity index (χ2v) is 7.42. The van der Waals surface area contributed by atoms with Crippen LogP contribution in [0, 0.1) is 0 Å². The maximum Gasteiger partial charge on any atom is 0.295 e. The van der Waals surface area contributed by atoms with Gasteiger partial charge >= 0.3 is 0 Å². The van der Waals surface area contributed by atoms with Crippen LogP contribution in [0.3, 0.4) is 0 Å². The van der Waals surface area contributed by atoms with Gasteiger partial charge in [-0.2, -0.15) is 0 Å². The molecule has 158 valence electrons. The van der Waals surface area contributed by atoms with Crippen LogP contribution < -0.4 is 4.74 Å². The number of aliphatic hydroxyl groups is 1. The third-order valence-corrected chi connectivity index (χ3v) is 5.31. The van der Waals surface area contributed by atoms with E-state index in [4.69, 9.17) is 16.3 Å². The number of nitrogens with zero attached hydrogens (tertiary/aromatic N) is 1. The van der Waals surface area contributed by atoms with Crippen molar-refractivity contribution in [2.75, 3.05) is 13.2 Å². The highest BCUT2D eigenvalue weighted by atomic mass is 35.5. The molecule has 3 rings (SSSR count). The molecule has 6 nitrogen and oxygen atoms in total. The summed E-state index contributed by atoms with van der Waals surface area (Å²) in [5, 5.41) is 21.3. The quantitative estimate of drug-likeness (QED) is 0.379. The summed E-state index contributed by atoms with van der Waals surface area (Å²) in [5.41, 5.74) is 0.683. The number of unbranched alkanes of at least 4 members (excludes halogenated alkanes) is 1. The number of hydrogen-bond acceptors (Lipinski definition) is 5. The fourth-order valence-electron chi connectivity index (χ4n) is 3.57. The van der Waals surface area contributed by atoms with Crippen molar-refractivity contribution in [3.63, 3.8) is 0 Å². The number of aliphatic hydroxyl groups excluding tert-OH is 1. The Morgan fingerprint density at radius 3 is 2.60 bits per heavy atom. The Hall–Kier alpha value is -2.99. The van der Waals surface area contributed by atoms with Gasteiger partial charge in [-0.3, -0.25) is 9.59 Å². The number of carbonyl (C=O) groups is 2. The van der Waals surface area contributed by atoms with E-state index in [0.29, 0.717) is 30.9 Å². The summed E-state index contributed by atoms with van der Waals surface area (Å²) in [4.78, 5) is 27.2. The molecule has 0 saturated carbocycles. The molecule has 1 amide bonds. The van der Waals surface area contributed by atoms with E-state index in [-0.39, 0.29) is 27.7 Å². The molecule has 2 aromatic carbocycles. The maximum absolute atomic E-state index is 12.9. The average molecular weight is 430 g/mol. The largest absolute Gasteiger partial charge is 0.508 e. The molecule has 1 atom stereocenters. The molecular formula is C23H24ClNO5. The normalized spacial score (nSPS) is 18.1. The zero-order chi connectivity index (χ0) is 21.8. The Bertz CT molecular complexity index is 1000. The van der Waals surface area contributed by atoms with Crippen LogP contribution in [0.25, 0.3) is 5.76 Å². The summed E-state index contributed by atoms with van der Waals surface area (Å²) in [6.45, 7) is 4.59. The van der Waals surface area contributed by atoms with Crippen LogP contribution in [0.1, 0.15) is 43.9 Å². The van der Waals surface area contributed by atoms with Crippen molar-refractivity contribution in [3.05, 3.63) is 64.2 Å². The Morgan fingerprint density at radius 2 is 1.93 bits per heavy atom. The van der Waals surface area contributed by atoms with E-state index in [1.807, 2.05) is 13.8 Å². The van der Waals surface area contributed by atoms with Crippen molar-refractivity contribution in [3.8, 4) is 11.5 Å². The van der Waals surface area contributed by atoms with Crippen molar-refractivity contribution in [2.24, 2.45) is 0 Å². The van der Waals surface area contributed by atoms with Gasteiger partial charge in [-0.1, -0.05) is 37.1 Å². The monoisotopic (exact) mass is 429 g/mol. The Kier molecular flexibility index (Phi) is 6.67. The molecule has 1 aliphatic heterocycles. The molecule has 1 heterocycles. The van der Waals surface area contributed by atoms with Crippen LogP contribution in [0.5, 0.6) is 11.5 Å². The molecule has 0 aromatic heterocycles. The minimum Gasteiger partial charge on any atom is -0.508 e. The minimum absolute atomic E-state index is 0.00459. The van der Waals surface area contributed by atoms with Gasteiger partial charge in [0.25, 0.3) is 11.7 Å². The van der Waals surface area contributed by atoms with Crippen LogP contribution in [0.4, 0.5) is 0 Å². The first kappa shape index (κ1) is 21.7. The van der Waals surface area contributed by atoms with Gasteiger partial charge in [0, 0.05) is 12.1 Å². The number of aromatic hydroxyl groups is 1. The number of amides is 1. The topological polar surface area (TPSA) is 87.1 Å². The lowest BCUT2D eigenvalue weighted by molar-refractivity contribution is -0.139. The van der Waals surface area contributed by atoms with Gasteiger partial charge in [0.05, 0.1) is 23.2 Å². The third kappa shape index (κ3) is 4.14. The number of carbonyl (C=O) groups excluding carboxylic acids is 2. The first-order valence-electron chi connectivity index (χ1n) is 9.89. The van der Waals surface area contributed by atoms with Crippen molar-refractivity contribution in [1.82, 2.24) is 4.90 Å². The number of halogens is 1. The number of phenolic OH excluding ortho intramolecular Hbond substituents is 1. The molecule has 0 radical (unpaired) electrons. The lowest BCUT2D eigenvalue weighted by Crippen LogP contribution is -2.30. The Labute approximate surface area is 180 Å². The van der Waals surface area contributed by atoms with E-state index in [2.05, 4.69) is 0 Å². The van der Waals surface area contributed by atoms with Crippen molar-refractivity contribution >= 4 is 29.1 Å². The van der Waals surface area contributed by atoms with Crippen molar-refractivity contribution in [1.29, 1.82) is 0 Å². The third-order valence-electron chi connectivity index (χ3n) is 4.98. The van der Waals surface area contributed by atoms with Crippen molar-refractivity contribution in [2.45, 2.75) is 32.7 Å². The predicted octanol–water partition coefficient (Wildman–Crippen LogP) is 4.67. The minimum atomic E-state index is -0.824. The summed E-state index contributed by atoms with van der Waals surface area (Å²) in [7, 11) is 0. The van der Waals surface area contributed by atoms with Gasteiger partial charge in [0.15, 0.2) is 0 Å². The predicted molar refractivity (Wildman–Crippen MR) is 115 cm³/mol. The Balaban J connectivity index is 2.20. The summed E-state index contributed by atoms with van der Waals surface area (Å²) in [5.74, 6) is -1.35. The molecule has 1 saturated heterocycles. The van der Waals surface area contributed by atoms with Crippen LogP contribution >= 0.6 is 11.6 Å².